The zero-order valence-electron chi connectivity index (χ0n) is 14.5. The van der Waals surface area contributed by atoms with Gasteiger partial charge in [-0.3, -0.25) is 34.2 Å². The first kappa shape index (κ1) is 18.5. The molecule has 10 nitrogen and oxygen atoms in total. The minimum absolute atomic E-state index is 0.0443. The van der Waals surface area contributed by atoms with Gasteiger partial charge in [0.1, 0.15) is 6.54 Å². The molecular formula is C17H17N3O7. The SMILES string of the molecule is COC(=O)C1CCN(C(=O)CN2C(=O)c3ccc([N+](=O)[O-])cc3C2=O)CC1. The molecule has 0 N–H and O–H groups in total. The van der Waals surface area contributed by atoms with Crippen LogP contribution < -0.4 is 0 Å². The van der Waals surface area contributed by atoms with Gasteiger partial charge >= 0.3 is 5.97 Å². The van der Waals surface area contributed by atoms with Gasteiger partial charge in [-0.2, -0.15) is 0 Å². The van der Waals surface area contributed by atoms with Crippen LogP contribution in [0.5, 0.6) is 0 Å². The van der Waals surface area contributed by atoms with E-state index < -0.39 is 29.2 Å². The summed E-state index contributed by atoms with van der Waals surface area (Å²) in [5.41, 5.74) is -0.331. The van der Waals surface area contributed by atoms with Crippen LogP contribution in [0, 0.1) is 16.0 Å². The molecule has 2 heterocycles. The molecule has 1 saturated heterocycles. The summed E-state index contributed by atoms with van der Waals surface area (Å²) in [7, 11) is 1.31. The number of methoxy groups -OCH3 is 1. The maximum absolute atomic E-state index is 12.5. The zero-order chi connectivity index (χ0) is 19.7. The molecule has 142 valence electrons. The van der Waals surface area contributed by atoms with Crippen LogP contribution in [0.3, 0.4) is 0 Å². The topological polar surface area (TPSA) is 127 Å². The minimum Gasteiger partial charge on any atom is -0.469 e. The van der Waals surface area contributed by atoms with E-state index in [0.717, 1.165) is 17.0 Å². The second-order valence-electron chi connectivity index (χ2n) is 6.36. The number of ether oxygens (including phenoxy) is 1. The number of amides is 3. The predicted molar refractivity (Wildman–Crippen MR) is 89.8 cm³/mol. The highest BCUT2D eigenvalue weighted by molar-refractivity contribution is 6.22. The molecule has 0 unspecified atom stereocenters. The average Bonchev–Trinajstić information content (AvgIpc) is 2.91. The number of nitro groups is 1. The highest BCUT2D eigenvalue weighted by Gasteiger charge is 2.39. The Morgan fingerprint density at radius 2 is 1.81 bits per heavy atom. The summed E-state index contributed by atoms with van der Waals surface area (Å²) in [6, 6.07) is 3.41. The van der Waals surface area contributed by atoms with E-state index in [4.69, 9.17) is 4.74 Å². The molecule has 27 heavy (non-hydrogen) atoms. The Hall–Kier alpha value is -3.30. The molecule has 2 aliphatic rings. The molecule has 1 aromatic rings. The molecular weight excluding hydrogens is 358 g/mol. The van der Waals surface area contributed by atoms with Gasteiger partial charge in [-0.25, -0.2) is 0 Å². The fraction of sp³-hybridized carbons (Fsp3) is 0.412. The maximum Gasteiger partial charge on any atom is 0.308 e. The van der Waals surface area contributed by atoms with E-state index in [0.29, 0.717) is 25.9 Å². The van der Waals surface area contributed by atoms with E-state index in [1.165, 1.54) is 18.1 Å². The van der Waals surface area contributed by atoms with Crippen LogP contribution in [0.15, 0.2) is 18.2 Å². The molecule has 1 fully saturated rings. The number of carbonyl (C=O) groups is 4. The number of benzene rings is 1. The predicted octanol–water partition coefficient (Wildman–Crippen LogP) is 0.602. The molecule has 0 saturated carbocycles. The number of hydrogen-bond acceptors (Lipinski definition) is 7. The number of piperidine rings is 1. The molecule has 0 atom stereocenters. The van der Waals surface area contributed by atoms with Crippen molar-refractivity contribution in [2.75, 3.05) is 26.7 Å². The van der Waals surface area contributed by atoms with Crippen LogP contribution in [-0.2, 0) is 14.3 Å². The molecule has 2 aliphatic heterocycles. The molecule has 0 spiro atoms. The third kappa shape index (κ3) is 3.37. The van der Waals surface area contributed by atoms with Crippen molar-refractivity contribution in [3.05, 3.63) is 39.4 Å². The Balaban J connectivity index is 1.67. The van der Waals surface area contributed by atoms with Gasteiger partial charge in [-0.05, 0) is 18.9 Å². The number of hydrogen-bond donors (Lipinski definition) is 0. The monoisotopic (exact) mass is 375 g/mol. The van der Waals surface area contributed by atoms with Crippen LogP contribution >= 0.6 is 0 Å². The highest BCUT2D eigenvalue weighted by Crippen LogP contribution is 2.27. The second-order valence-corrected chi connectivity index (χ2v) is 6.36. The third-order valence-electron chi connectivity index (χ3n) is 4.84. The molecule has 0 radical (unpaired) electrons. The van der Waals surface area contributed by atoms with Crippen LogP contribution in [0.25, 0.3) is 0 Å². The van der Waals surface area contributed by atoms with Crippen molar-refractivity contribution in [1.82, 2.24) is 9.80 Å². The average molecular weight is 375 g/mol. The highest BCUT2D eigenvalue weighted by atomic mass is 16.6. The van der Waals surface area contributed by atoms with E-state index in [9.17, 15) is 29.3 Å². The summed E-state index contributed by atoms with van der Waals surface area (Å²) in [5.74, 6) is -2.37. The van der Waals surface area contributed by atoms with Crippen molar-refractivity contribution in [1.29, 1.82) is 0 Å². The number of esters is 1. The van der Waals surface area contributed by atoms with Gasteiger partial charge < -0.3 is 9.64 Å². The van der Waals surface area contributed by atoms with Crippen molar-refractivity contribution in [3.63, 3.8) is 0 Å². The standard InChI is InChI=1S/C17H17N3O7/c1-27-17(24)10-4-6-18(7-5-10)14(21)9-19-15(22)12-3-2-11(20(25)26)8-13(12)16(19)23/h2-3,8,10H,4-7,9H2,1H3. The number of nitro benzene ring substituents is 1. The first-order valence-corrected chi connectivity index (χ1v) is 8.33. The number of fused-ring (bicyclic) bond motifs is 1. The number of likely N-dealkylation sites (tertiary alicyclic amines) is 1. The van der Waals surface area contributed by atoms with Crippen molar-refractivity contribution in [3.8, 4) is 0 Å². The minimum atomic E-state index is -0.725. The molecule has 1 aromatic carbocycles. The fourth-order valence-corrected chi connectivity index (χ4v) is 3.30. The second kappa shape index (κ2) is 7.14. The Bertz CT molecular complexity index is 843. The molecule has 0 aliphatic carbocycles. The number of non-ortho nitro benzene ring substituents is 1. The van der Waals surface area contributed by atoms with Crippen LogP contribution in [0.2, 0.25) is 0 Å². The lowest BCUT2D eigenvalue weighted by Gasteiger charge is -2.31. The van der Waals surface area contributed by atoms with Crippen LogP contribution in [0.4, 0.5) is 5.69 Å². The summed E-state index contributed by atoms with van der Waals surface area (Å²) in [6.07, 6.45) is 0.902. The number of carbonyl (C=O) groups excluding carboxylic acids is 4. The van der Waals surface area contributed by atoms with Gasteiger partial charge in [0.15, 0.2) is 0 Å². The van der Waals surface area contributed by atoms with Crippen LogP contribution in [0.1, 0.15) is 33.6 Å². The van der Waals surface area contributed by atoms with Gasteiger partial charge in [0, 0.05) is 25.2 Å². The van der Waals surface area contributed by atoms with E-state index in [2.05, 4.69) is 0 Å². The van der Waals surface area contributed by atoms with Crippen molar-refractivity contribution < 1.29 is 28.8 Å². The van der Waals surface area contributed by atoms with Gasteiger partial charge in [0.2, 0.25) is 5.91 Å². The van der Waals surface area contributed by atoms with Crippen molar-refractivity contribution >= 4 is 29.4 Å². The first-order chi connectivity index (χ1) is 12.8. The van der Waals surface area contributed by atoms with Gasteiger partial charge in [0.05, 0.1) is 29.1 Å². The first-order valence-electron chi connectivity index (χ1n) is 8.33. The summed E-state index contributed by atoms with van der Waals surface area (Å²) in [5, 5.41) is 10.9. The molecule has 0 aromatic heterocycles. The molecule has 10 heteroatoms. The van der Waals surface area contributed by atoms with E-state index in [1.807, 2.05) is 0 Å². The molecule has 0 bridgehead atoms. The maximum atomic E-state index is 12.5. The van der Waals surface area contributed by atoms with Gasteiger partial charge in [0.25, 0.3) is 17.5 Å². The summed E-state index contributed by atoms with van der Waals surface area (Å²) in [4.78, 5) is 61.3. The largest absolute Gasteiger partial charge is 0.469 e. The molecule has 3 rings (SSSR count). The Labute approximate surface area is 153 Å². The van der Waals surface area contributed by atoms with Gasteiger partial charge in [-0.15, -0.1) is 0 Å². The normalized spacial score (nSPS) is 17.1. The van der Waals surface area contributed by atoms with E-state index >= 15 is 0 Å². The van der Waals surface area contributed by atoms with Crippen molar-refractivity contribution in [2.24, 2.45) is 5.92 Å². The Morgan fingerprint density at radius 1 is 1.19 bits per heavy atom. The third-order valence-corrected chi connectivity index (χ3v) is 4.84. The number of imide groups is 1. The fourth-order valence-electron chi connectivity index (χ4n) is 3.30. The lowest BCUT2D eigenvalue weighted by molar-refractivity contribution is -0.384. The Kier molecular flexibility index (Phi) is 4.89. The Morgan fingerprint density at radius 3 is 2.41 bits per heavy atom. The zero-order valence-corrected chi connectivity index (χ0v) is 14.5. The lowest BCUT2D eigenvalue weighted by atomic mass is 9.97. The quantitative estimate of drug-likeness (QED) is 0.326. The van der Waals surface area contributed by atoms with E-state index in [-0.39, 0.29) is 28.7 Å². The van der Waals surface area contributed by atoms with E-state index in [1.54, 1.807) is 0 Å². The van der Waals surface area contributed by atoms with Crippen molar-refractivity contribution in [2.45, 2.75) is 12.8 Å². The number of rotatable bonds is 4. The van der Waals surface area contributed by atoms with Gasteiger partial charge in [-0.1, -0.05) is 0 Å². The molecule has 3 amide bonds. The lowest BCUT2D eigenvalue weighted by Crippen LogP contribution is -2.46. The smallest absolute Gasteiger partial charge is 0.308 e. The summed E-state index contributed by atoms with van der Waals surface area (Å²) >= 11 is 0. The summed E-state index contributed by atoms with van der Waals surface area (Å²) in [6.45, 7) is 0.212. The number of nitrogens with zero attached hydrogens (tertiary/aromatic N) is 3. The summed E-state index contributed by atoms with van der Waals surface area (Å²) < 4.78 is 4.70. The van der Waals surface area contributed by atoms with Crippen LogP contribution in [-0.4, -0.2) is 65.2 Å².